The highest BCUT2D eigenvalue weighted by atomic mass is 16.2. The molecule has 1 saturated heterocycles. The summed E-state index contributed by atoms with van der Waals surface area (Å²) in [6.07, 6.45) is 3.65. The van der Waals surface area contributed by atoms with Gasteiger partial charge in [0.05, 0.1) is 0 Å². The molecule has 0 unspecified atom stereocenters. The Bertz CT molecular complexity index is 789. The van der Waals surface area contributed by atoms with Crippen LogP contribution in [0.2, 0.25) is 0 Å². The summed E-state index contributed by atoms with van der Waals surface area (Å²) in [5, 5.41) is 5.48. The van der Waals surface area contributed by atoms with Gasteiger partial charge in [-0.2, -0.15) is 0 Å². The number of fused-ring (bicyclic) bond motifs is 1. The van der Waals surface area contributed by atoms with Gasteiger partial charge in [-0.1, -0.05) is 36.4 Å². The van der Waals surface area contributed by atoms with E-state index in [0.29, 0.717) is 12.5 Å². The predicted octanol–water partition coefficient (Wildman–Crippen LogP) is 3.10. The predicted molar refractivity (Wildman–Crippen MR) is 97.8 cm³/mol. The van der Waals surface area contributed by atoms with Crippen molar-refractivity contribution < 1.29 is 9.59 Å². The Hall–Kier alpha value is -2.36. The first-order chi connectivity index (χ1) is 12.2. The molecule has 2 aromatic rings. The first-order valence-electron chi connectivity index (χ1n) is 9.25. The van der Waals surface area contributed by atoms with Gasteiger partial charge in [0.1, 0.15) is 0 Å². The standard InChI is InChI=1S/C21H24N2O2/c24-20(17-9-11-23(12-10-17)21(25)18-7-8-18)22-14-15-5-6-16-3-1-2-4-19(16)13-15/h1-6,13,17-18H,7-12,14H2,(H,22,24). The van der Waals surface area contributed by atoms with Crippen molar-refractivity contribution in [2.75, 3.05) is 13.1 Å². The molecule has 130 valence electrons. The number of carbonyl (C=O) groups excluding carboxylic acids is 2. The van der Waals surface area contributed by atoms with E-state index < -0.39 is 0 Å². The minimum atomic E-state index is 0.0312. The molecule has 2 fully saturated rings. The van der Waals surface area contributed by atoms with Gasteiger partial charge in [0.2, 0.25) is 11.8 Å². The third-order valence-corrected chi connectivity index (χ3v) is 5.38. The molecular formula is C21H24N2O2. The molecule has 2 aromatic carbocycles. The normalized spacial score (nSPS) is 18.3. The van der Waals surface area contributed by atoms with Crippen LogP contribution in [0, 0.1) is 11.8 Å². The lowest BCUT2D eigenvalue weighted by Crippen LogP contribution is -2.43. The molecule has 1 aliphatic heterocycles. The first kappa shape index (κ1) is 16.1. The summed E-state index contributed by atoms with van der Waals surface area (Å²) in [7, 11) is 0. The van der Waals surface area contributed by atoms with Crippen LogP contribution in [-0.2, 0) is 16.1 Å². The fourth-order valence-electron chi connectivity index (χ4n) is 3.63. The van der Waals surface area contributed by atoms with Crippen LogP contribution in [0.1, 0.15) is 31.2 Å². The maximum Gasteiger partial charge on any atom is 0.225 e. The number of benzene rings is 2. The SMILES string of the molecule is O=C(NCc1ccc2ccccc2c1)C1CCN(C(=O)C2CC2)CC1. The smallest absolute Gasteiger partial charge is 0.225 e. The number of amides is 2. The Kier molecular flexibility index (Phi) is 4.43. The lowest BCUT2D eigenvalue weighted by Gasteiger charge is -2.31. The molecule has 0 atom stereocenters. The number of carbonyl (C=O) groups is 2. The molecule has 2 aliphatic rings. The minimum Gasteiger partial charge on any atom is -0.352 e. The van der Waals surface area contributed by atoms with Crippen molar-refractivity contribution in [3.63, 3.8) is 0 Å². The minimum absolute atomic E-state index is 0.0312. The van der Waals surface area contributed by atoms with Crippen molar-refractivity contribution in [1.29, 1.82) is 0 Å². The summed E-state index contributed by atoms with van der Waals surface area (Å²) in [5.41, 5.74) is 1.12. The van der Waals surface area contributed by atoms with Crippen LogP contribution in [0.4, 0.5) is 0 Å². The monoisotopic (exact) mass is 336 g/mol. The molecule has 4 nitrogen and oxygen atoms in total. The van der Waals surface area contributed by atoms with Gasteiger partial charge in [-0.3, -0.25) is 9.59 Å². The van der Waals surface area contributed by atoms with Crippen LogP contribution in [0.5, 0.6) is 0 Å². The molecule has 0 aromatic heterocycles. The zero-order chi connectivity index (χ0) is 17.2. The Balaban J connectivity index is 1.29. The van der Waals surface area contributed by atoms with E-state index in [1.54, 1.807) is 0 Å². The van der Waals surface area contributed by atoms with Crippen molar-refractivity contribution >= 4 is 22.6 Å². The Morgan fingerprint density at radius 2 is 1.64 bits per heavy atom. The second-order valence-corrected chi connectivity index (χ2v) is 7.27. The van der Waals surface area contributed by atoms with Gasteiger partial charge >= 0.3 is 0 Å². The highest BCUT2D eigenvalue weighted by Gasteiger charge is 2.35. The topological polar surface area (TPSA) is 49.4 Å². The van der Waals surface area contributed by atoms with Crippen molar-refractivity contribution in [2.45, 2.75) is 32.2 Å². The molecule has 25 heavy (non-hydrogen) atoms. The molecule has 2 amide bonds. The van der Waals surface area contributed by atoms with E-state index in [0.717, 1.165) is 44.3 Å². The van der Waals surface area contributed by atoms with Crippen LogP contribution < -0.4 is 5.32 Å². The summed E-state index contributed by atoms with van der Waals surface area (Å²) in [5.74, 6) is 0.726. The molecule has 0 spiro atoms. The molecule has 1 saturated carbocycles. The number of hydrogen-bond acceptors (Lipinski definition) is 2. The summed E-state index contributed by atoms with van der Waals surface area (Å²) in [6.45, 7) is 2.01. The molecule has 1 aliphatic carbocycles. The van der Waals surface area contributed by atoms with Crippen molar-refractivity contribution in [1.82, 2.24) is 10.2 Å². The fraction of sp³-hybridized carbons (Fsp3) is 0.429. The molecule has 1 N–H and O–H groups in total. The van der Waals surface area contributed by atoms with Gasteiger partial charge in [0, 0.05) is 31.5 Å². The average molecular weight is 336 g/mol. The van der Waals surface area contributed by atoms with E-state index in [4.69, 9.17) is 0 Å². The summed E-state index contributed by atoms with van der Waals surface area (Å²) in [6, 6.07) is 14.5. The van der Waals surface area contributed by atoms with E-state index in [2.05, 4.69) is 35.6 Å². The Morgan fingerprint density at radius 3 is 2.36 bits per heavy atom. The summed E-state index contributed by atoms with van der Waals surface area (Å²) >= 11 is 0. The molecule has 0 bridgehead atoms. The number of rotatable bonds is 4. The lowest BCUT2D eigenvalue weighted by molar-refractivity contribution is -0.136. The zero-order valence-electron chi connectivity index (χ0n) is 14.4. The van der Waals surface area contributed by atoms with Crippen LogP contribution in [0.3, 0.4) is 0 Å². The van der Waals surface area contributed by atoms with Crippen molar-refractivity contribution in [2.24, 2.45) is 11.8 Å². The van der Waals surface area contributed by atoms with Crippen molar-refractivity contribution in [3.05, 3.63) is 48.0 Å². The second-order valence-electron chi connectivity index (χ2n) is 7.27. The van der Waals surface area contributed by atoms with Gasteiger partial charge < -0.3 is 10.2 Å². The zero-order valence-corrected chi connectivity index (χ0v) is 14.4. The van der Waals surface area contributed by atoms with Gasteiger partial charge in [0.15, 0.2) is 0 Å². The molecule has 4 heteroatoms. The van der Waals surface area contributed by atoms with Crippen molar-refractivity contribution in [3.8, 4) is 0 Å². The number of nitrogens with one attached hydrogen (secondary N) is 1. The third kappa shape index (κ3) is 3.68. The molecule has 0 radical (unpaired) electrons. The number of hydrogen-bond donors (Lipinski definition) is 1. The van der Waals surface area contributed by atoms with E-state index in [9.17, 15) is 9.59 Å². The van der Waals surface area contributed by atoms with Gasteiger partial charge in [-0.05, 0) is 48.1 Å². The fourth-order valence-corrected chi connectivity index (χ4v) is 3.63. The molecule has 1 heterocycles. The first-order valence-corrected chi connectivity index (χ1v) is 9.25. The summed E-state index contributed by atoms with van der Waals surface area (Å²) < 4.78 is 0. The number of piperidine rings is 1. The quantitative estimate of drug-likeness (QED) is 0.933. The van der Waals surface area contributed by atoms with Crippen LogP contribution in [0.15, 0.2) is 42.5 Å². The number of likely N-dealkylation sites (tertiary alicyclic amines) is 1. The van der Waals surface area contributed by atoms with E-state index in [-0.39, 0.29) is 17.7 Å². The van der Waals surface area contributed by atoms with E-state index in [1.165, 1.54) is 10.8 Å². The highest BCUT2D eigenvalue weighted by Crippen LogP contribution is 2.32. The molecular weight excluding hydrogens is 312 g/mol. The summed E-state index contributed by atoms with van der Waals surface area (Å²) in [4.78, 5) is 26.5. The highest BCUT2D eigenvalue weighted by molar-refractivity contribution is 5.84. The van der Waals surface area contributed by atoms with E-state index >= 15 is 0 Å². The van der Waals surface area contributed by atoms with Gasteiger partial charge in [0.25, 0.3) is 0 Å². The molecule has 4 rings (SSSR count). The maximum atomic E-state index is 12.4. The van der Waals surface area contributed by atoms with Crippen LogP contribution >= 0.6 is 0 Å². The largest absolute Gasteiger partial charge is 0.352 e. The van der Waals surface area contributed by atoms with Gasteiger partial charge in [-0.15, -0.1) is 0 Å². The lowest BCUT2D eigenvalue weighted by atomic mass is 9.95. The Labute approximate surface area is 148 Å². The average Bonchev–Trinajstić information content (AvgIpc) is 3.51. The van der Waals surface area contributed by atoms with Crippen LogP contribution in [0.25, 0.3) is 10.8 Å². The van der Waals surface area contributed by atoms with Gasteiger partial charge in [-0.25, -0.2) is 0 Å². The third-order valence-electron chi connectivity index (χ3n) is 5.38. The maximum absolute atomic E-state index is 12.4. The van der Waals surface area contributed by atoms with Crippen LogP contribution in [-0.4, -0.2) is 29.8 Å². The Morgan fingerprint density at radius 1 is 0.920 bits per heavy atom. The second kappa shape index (κ2) is 6.87. The van der Waals surface area contributed by atoms with E-state index in [1.807, 2.05) is 17.0 Å². The number of nitrogens with zero attached hydrogens (tertiary/aromatic N) is 1.